The average Bonchev–Trinajstić information content (AvgIpc) is 2.44. The molecule has 0 radical (unpaired) electrons. The molecule has 1 aromatic carbocycles. The van der Waals surface area contributed by atoms with E-state index in [1.165, 1.54) is 12.1 Å². The van der Waals surface area contributed by atoms with Crippen molar-refractivity contribution in [3.63, 3.8) is 0 Å². The van der Waals surface area contributed by atoms with Gasteiger partial charge in [-0.2, -0.15) is 0 Å². The molecule has 1 aliphatic heterocycles. The SMILES string of the molecule is O=C1NCCCN[C@H]1c1ccc(F)cc1. The van der Waals surface area contributed by atoms with Crippen LogP contribution in [0.2, 0.25) is 0 Å². The fourth-order valence-electron chi connectivity index (χ4n) is 1.67. The van der Waals surface area contributed by atoms with Gasteiger partial charge in [0, 0.05) is 6.54 Å². The Morgan fingerprint density at radius 3 is 2.67 bits per heavy atom. The van der Waals surface area contributed by atoms with Crippen molar-refractivity contribution in [1.29, 1.82) is 0 Å². The topological polar surface area (TPSA) is 41.1 Å². The third-order valence-corrected chi connectivity index (χ3v) is 2.47. The van der Waals surface area contributed by atoms with E-state index >= 15 is 0 Å². The minimum atomic E-state index is -0.354. The maximum atomic E-state index is 12.7. The molecule has 15 heavy (non-hydrogen) atoms. The first-order valence-corrected chi connectivity index (χ1v) is 5.04. The van der Waals surface area contributed by atoms with Gasteiger partial charge < -0.3 is 10.6 Å². The molecule has 1 heterocycles. The third-order valence-electron chi connectivity index (χ3n) is 2.47. The molecule has 1 amide bonds. The third kappa shape index (κ3) is 2.33. The summed E-state index contributed by atoms with van der Waals surface area (Å²) in [6, 6.07) is 5.66. The number of nitrogens with one attached hydrogen (secondary N) is 2. The van der Waals surface area contributed by atoms with Crippen LogP contribution in [-0.2, 0) is 4.79 Å². The van der Waals surface area contributed by atoms with Gasteiger partial charge in [-0.15, -0.1) is 0 Å². The van der Waals surface area contributed by atoms with E-state index in [4.69, 9.17) is 0 Å². The zero-order valence-corrected chi connectivity index (χ0v) is 8.29. The van der Waals surface area contributed by atoms with E-state index in [2.05, 4.69) is 10.6 Å². The van der Waals surface area contributed by atoms with Crippen molar-refractivity contribution in [2.45, 2.75) is 12.5 Å². The second-order valence-electron chi connectivity index (χ2n) is 3.58. The maximum absolute atomic E-state index is 12.7. The summed E-state index contributed by atoms with van der Waals surface area (Å²) < 4.78 is 12.7. The number of benzene rings is 1. The summed E-state index contributed by atoms with van der Waals surface area (Å²) in [5.74, 6) is -0.327. The van der Waals surface area contributed by atoms with Crippen LogP contribution in [0, 0.1) is 5.82 Å². The lowest BCUT2D eigenvalue weighted by Crippen LogP contribution is -2.33. The van der Waals surface area contributed by atoms with Gasteiger partial charge in [0.1, 0.15) is 11.9 Å². The number of hydrogen-bond donors (Lipinski definition) is 2. The summed E-state index contributed by atoms with van der Waals surface area (Å²) in [5.41, 5.74) is 0.802. The number of carbonyl (C=O) groups is 1. The van der Waals surface area contributed by atoms with Crippen LogP contribution in [0.3, 0.4) is 0 Å². The summed E-state index contributed by atoms with van der Waals surface area (Å²) >= 11 is 0. The van der Waals surface area contributed by atoms with Gasteiger partial charge in [0.15, 0.2) is 0 Å². The number of rotatable bonds is 1. The molecular weight excluding hydrogens is 195 g/mol. The Kier molecular flexibility index (Phi) is 2.97. The number of carbonyl (C=O) groups excluding carboxylic acids is 1. The van der Waals surface area contributed by atoms with Crippen molar-refractivity contribution in [3.05, 3.63) is 35.6 Å². The van der Waals surface area contributed by atoms with Crippen LogP contribution in [0.1, 0.15) is 18.0 Å². The molecular formula is C11H13FN2O. The summed E-state index contributed by atoms with van der Waals surface area (Å²) in [4.78, 5) is 11.6. The van der Waals surface area contributed by atoms with Crippen LogP contribution >= 0.6 is 0 Å². The molecule has 3 nitrogen and oxygen atoms in total. The molecule has 4 heteroatoms. The molecule has 1 aromatic rings. The van der Waals surface area contributed by atoms with Gasteiger partial charge in [0.25, 0.3) is 0 Å². The highest BCUT2D eigenvalue weighted by Crippen LogP contribution is 2.15. The molecule has 1 atom stereocenters. The van der Waals surface area contributed by atoms with E-state index < -0.39 is 0 Å². The molecule has 0 bridgehead atoms. The Balaban J connectivity index is 2.20. The number of hydrogen-bond acceptors (Lipinski definition) is 2. The second kappa shape index (κ2) is 4.40. The summed E-state index contributed by atoms with van der Waals surface area (Å²) in [6.45, 7) is 1.49. The lowest BCUT2D eigenvalue weighted by molar-refractivity contribution is -0.122. The molecule has 0 aliphatic carbocycles. The lowest BCUT2D eigenvalue weighted by Gasteiger charge is -2.14. The van der Waals surface area contributed by atoms with Crippen LogP contribution in [0.5, 0.6) is 0 Å². The van der Waals surface area contributed by atoms with Crippen molar-refractivity contribution in [2.75, 3.05) is 13.1 Å². The van der Waals surface area contributed by atoms with E-state index in [0.717, 1.165) is 18.5 Å². The quantitative estimate of drug-likeness (QED) is 0.722. The first-order valence-electron chi connectivity index (χ1n) is 5.04. The molecule has 0 aromatic heterocycles. The van der Waals surface area contributed by atoms with Crippen LogP contribution in [0.4, 0.5) is 4.39 Å². The van der Waals surface area contributed by atoms with Crippen LogP contribution < -0.4 is 10.6 Å². The molecule has 1 fully saturated rings. The molecule has 0 unspecified atom stereocenters. The van der Waals surface area contributed by atoms with E-state index in [0.29, 0.717) is 6.54 Å². The Morgan fingerprint density at radius 1 is 1.20 bits per heavy atom. The minimum Gasteiger partial charge on any atom is -0.354 e. The summed E-state index contributed by atoms with van der Waals surface area (Å²) in [7, 11) is 0. The van der Waals surface area contributed by atoms with Crippen molar-refractivity contribution in [3.8, 4) is 0 Å². The lowest BCUT2D eigenvalue weighted by atomic mass is 10.1. The number of halogens is 1. The van der Waals surface area contributed by atoms with Gasteiger partial charge in [-0.25, -0.2) is 4.39 Å². The monoisotopic (exact) mass is 208 g/mol. The fourth-order valence-corrected chi connectivity index (χ4v) is 1.67. The smallest absolute Gasteiger partial charge is 0.241 e. The summed E-state index contributed by atoms with van der Waals surface area (Å²) in [5, 5.41) is 5.95. The van der Waals surface area contributed by atoms with E-state index in [-0.39, 0.29) is 17.8 Å². The largest absolute Gasteiger partial charge is 0.354 e. The minimum absolute atomic E-state index is 0.0425. The fraction of sp³-hybridized carbons (Fsp3) is 0.364. The average molecular weight is 208 g/mol. The van der Waals surface area contributed by atoms with E-state index in [1.807, 2.05) is 0 Å². The highest BCUT2D eigenvalue weighted by atomic mass is 19.1. The molecule has 0 spiro atoms. The predicted molar refractivity (Wildman–Crippen MR) is 54.8 cm³/mol. The molecule has 1 saturated heterocycles. The molecule has 2 N–H and O–H groups in total. The van der Waals surface area contributed by atoms with Gasteiger partial charge in [-0.05, 0) is 30.7 Å². The van der Waals surface area contributed by atoms with Crippen LogP contribution in [0.15, 0.2) is 24.3 Å². The van der Waals surface area contributed by atoms with Crippen molar-refractivity contribution in [1.82, 2.24) is 10.6 Å². The van der Waals surface area contributed by atoms with Crippen LogP contribution in [0.25, 0.3) is 0 Å². The van der Waals surface area contributed by atoms with Crippen molar-refractivity contribution in [2.24, 2.45) is 0 Å². The first kappa shape index (κ1) is 10.1. The van der Waals surface area contributed by atoms with Crippen LogP contribution in [-0.4, -0.2) is 19.0 Å². The van der Waals surface area contributed by atoms with Crippen molar-refractivity contribution >= 4 is 5.91 Å². The summed E-state index contributed by atoms with van der Waals surface area (Å²) in [6.07, 6.45) is 0.920. The molecule has 2 rings (SSSR count). The molecule has 1 aliphatic rings. The highest BCUT2D eigenvalue weighted by molar-refractivity contribution is 5.83. The maximum Gasteiger partial charge on any atom is 0.241 e. The second-order valence-corrected chi connectivity index (χ2v) is 3.58. The molecule has 0 saturated carbocycles. The normalized spacial score (nSPS) is 21.9. The van der Waals surface area contributed by atoms with Crippen molar-refractivity contribution < 1.29 is 9.18 Å². The number of amides is 1. The van der Waals surface area contributed by atoms with Gasteiger partial charge in [0.05, 0.1) is 0 Å². The molecule has 80 valence electrons. The van der Waals surface area contributed by atoms with E-state index in [9.17, 15) is 9.18 Å². The Morgan fingerprint density at radius 2 is 1.93 bits per heavy atom. The van der Waals surface area contributed by atoms with E-state index in [1.54, 1.807) is 12.1 Å². The highest BCUT2D eigenvalue weighted by Gasteiger charge is 2.21. The standard InChI is InChI=1S/C11H13FN2O/c12-9-4-2-8(3-5-9)10-11(15)14-7-1-6-13-10/h2-5,10,13H,1,6-7H2,(H,14,15)/t10-/m0/s1. The zero-order valence-electron chi connectivity index (χ0n) is 8.29. The zero-order chi connectivity index (χ0) is 10.7. The Bertz CT molecular complexity index is 350. The van der Waals surface area contributed by atoms with Gasteiger partial charge in [-0.3, -0.25) is 4.79 Å². The predicted octanol–water partition coefficient (Wildman–Crippen LogP) is 0.976. The first-order chi connectivity index (χ1) is 7.27. The van der Waals surface area contributed by atoms with Gasteiger partial charge in [0.2, 0.25) is 5.91 Å². The van der Waals surface area contributed by atoms with Gasteiger partial charge >= 0.3 is 0 Å². The Labute approximate surface area is 87.7 Å². The Hall–Kier alpha value is -1.42. The van der Waals surface area contributed by atoms with Gasteiger partial charge in [-0.1, -0.05) is 12.1 Å².